The fraction of sp³-hybridized carbons (Fsp3) is 0.333. The molecule has 1 aromatic carbocycles. The van der Waals surface area contributed by atoms with Gasteiger partial charge in [0.1, 0.15) is 11.6 Å². The highest BCUT2D eigenvalue weighted by atomic mass is 35.5. The molecule has 140 valence electrons. The first-order valence-corrected chi connectivity index (χ1v) is 9.03. The van der Waals surface area contributed by atoms with Crippen LogP contribution in [0.2, 0.25) is 0 Å². The van der Waals surface area contributed by atoms with E-state index in [1.54, 1.807) is 6.26 Å². The van der Waals surface area contributed by atoms with Crippen molar-refractivity contribution in [3.05, 3.63) is 54.1 Å². The second-order valence-electron chi connectivity index (χ2n) is 7.25. The minimum Gasteiger partial charge on any atom is -1.00 e. The number of benzene rings is 1. The number of H-pyrrole nitrogens is 1. The molecule has 0 saturated heterocycles. The summed E-state index contributed by atoms with van der Waals surface area (Å²) in [6.07, 6.45) is 4.64. The van der Waals surface area contributed by atoms with E-state index < -0.39 is 0 Å². The average Bonchev–Trinajstić information content (AvgIpc) is 3.06. The number of aromatic nitrogens is 2. The van der Waals surface area contributed by atoms with E-state index in [0.717, 1.165) is 24.0 Å². The van der Waals surface area contributed by atoms with Gasteiger partial charge in [-0.05, 0) is 13.0 Å². The third-order valence-corrected chi connectivity index (χ3v) is 5.97. The van der Waals surface area contributed by atoms with Gasteiger partial charge in [-0.1, -0.05) is 18.2 Å². The fourth-order valence-electron chi connectivity index (χ4n) is 4.57. The number of hydrogen-bond donors (Lipinski definition) is 1. The Balaban J connectivity index is 0.00000180. The van der Waals surface area contributed by atoms with Gasteiger partial charge in [0.25, 0.3) is 0 Å². The van der Waals surface area contributed by atoms with Gasteiger partial charge in [-0.15, -0.1) is 0 Å². The van der Waals surface area contributed by atoms with Crippen LogP contribution in [0.1, 0.15) is 12.6 Å². The highest BCUT2D eigenvalue weighted by Crippen LogP contribution is 2.38. The molecule has 3 aromatic rings. The second-order valence-corrected chi connectivity index (χ2v) is 7.25. The topological polar surface area (TPSA) is 55.2 Å². The molecule has 0 fully saturated rings. The lowest BCUT2D eigenvalue weighted by Gasteiger charge is -2.36. The number of nitrogens with one attached hydrogen (secondary N) is 1. The van der Waals surface area contributed by atoms with Crippen molar-refractivity contribution in [2.45, 2.75) is 26.0 Å². The van der Waals surface area contributed by atoms with Crippen LogP contribution in [0.5, 0.6) is 0 Å². The van der Waals surface area contributed by atoms with Gasteiger partial charge < -0.3 is 26.9 Å². The number of para-hydroxylation sites is 1. The van der Waals surface area contributed by atoms with Gasteiger partial charge in [0.15, 0.2) is 12.7 Å². The minimum absolute atomic E-state index is 0. The average molecular weight is 385 g/mol. The van der Waals surface area contributed by atoms with Crippen molar-refractivity contribution in [2.75, 3.05) is 7.11 Å². The third-order valence-electron chi connectivity index (χ3n) is 5.97. The summed E-state index contributed by atoms with van der Waals surface area (Å²) in [7, 11) is 1.43. The first-order chi connectivity index (χ1) is 12.7. The molecule has 2 aliphatic rings. The second kappa shape index (κ2) is 6.57. The molecule has 2 aliphatic heterocycles. The van der Waals surface area contributed by atoms with Crippen molar-refractivity contribution >= 4 is 27.8 Å². The van der Waals surface area contributed by atoms with Crippen LogP contribution in [0, 0.1) is 11.8 Å². The highest BCUT2D eigenvalue weighted by molar-refractivity contribution is 6.07. The summed E-state index contributed by atoms with van der Waals surface area (Å²) in [5, 5.41) is 2.46. The van der Waals surface area contributed by atoms with E-state index in [-0.39, 0.29) is 36.3 Å². The molecular weight excluding hydrogens is 364 g/mol. The lowest BCUT2D eigenvalue weighted by molar-refractivity contribution is -0.717. The molecule has 0 aliphatic carbocycles. The number of nitrogens with zero attached hydrogens (tertiary/aromatic N) is 1. The van der Waals surface area contributed by atoms with E-state index in [4.69, 9.17) is 9.47 Å². The van der Waals surface area contributed by atoms with Crippen molar-refractivity contribution in [2.24, 2.45) is 11.8 Å². The van der Waals surface area contributed by atoms with Gasteiger partial charge in [0.05, 0.1) is 24.9 Å². The number of esters is 1. The Hall–Kier alpha value is -2.53. The smallest absolute Gasteiger partial charge is 0.337 e. The fourth-order valence-corrected chi connectivity index (χ4v) is 4.57. The highest BCUT2D eigenvalue weighted by Gasteiger charge is 2.45. The quantitative estimate of drug-likeness (QED) is 0.470. The lowest BCUT2D eigenvalue weighted by atomic mass is 9.76. The molecule has 2 aromatic heterocycles. The standard InChI is InChI=1S/C21H20N2O3.ClH/c1-12-16-10-23-8-7-14-13-5-3-4-6-18(13)22-20(14)19(23)9-15(16)17(11-26-12)21(24)25-2;/h3-8,11-12,15-16H,9-10H2,1-2H3;1H. The van der Waals surface area contributed by atoms with Crippen LogP contribution in [0.15, 0.2) is 48.4 Å². The normalized spacial score (nSPS) is 23.6. The Morgan fingerprint density at radius 1 is 1.26 bits per heavy atom. The van der Waals surface area contributed by atoms with Crippen molar-refractivity contribution in [1.82, 2.24) is 4.98 Å². The van der Waals surface area contributed by atoms with Gasteiger partial charge in [-0.25, -0.2) is 9.36 Å². The van der Waals surface area contributed by atoms with E-state index in [2.05, 4.69) is 46.9 Å². The molecular formula is C21H21ClN2O3. The zero-order chi connectivity index (χ0) is 17.8. The number of aromatic amines is 1. The summed E-state index contributed by atoms with van der Waals surface area (Å²) in [4.78, 5) is 15.8. The van der Waals surface area contributed by atoms with E-state index in [0.29, 0.717) is 5.57 Å². The first-order valence-electron chi connectivity index (χ1n) is 9.03. The molecule has 0 radical (unpaired) electrons. The van der Waals surface area contributed by atoms with Gasteiger partial charge >= 0.3 is 5.97 Å². The van der Waals surface area contributed by atoms with Crippen molar-refractivity contribution < 1.29 is 31.2 Å². The van der Waals surface area contributed by atoms with Gasteiger partial charge in [-0.2, -0.15) is 0 Å². The SMILES string of the molecule is COC(=O)C1=COC(C)C2C[n+]3ccc4c([nH]c5ccccc54)c3CC12.[Cl-]. The largest absolute Gasteiger partial charge is 1.00 e. The summed E-state index contributed by atoms with van der Waals surface area (Å²) >= 11 is 0. The van der Waals surface area contributed by atoms with Crippen LogP contribution < -0.4 is 17.0 Å². The van der Waals surface area contributed by atoms with Crippen LogP contribution in [0.25, 0.3) is 21.8 Å². The summed E-state index contributed by atoms with van der Waals surface area (Å²) in [5.41, 5.74) is 4.19. The van der Waals surface area contributed by atoms with Gasteiger partial charge in [-0.3, -0.25) is 0 Å². The van der Waals surface area contributed by atoms with E-state index in [1.807, 2.05) is 6.07 Å². The number of ether oxygens (including phenoxy) is 2. The zero-order valence-corrected chi connectivity index (χ0v) is 16.0. The number of fused-ring (bicyclic) bond motifs is 6. The van der Waals surface area contributed by atoms with Crippen LogP contribution in [0.4, 0.5) is 0 Å². The molecule has 1 N–H and O–H groups in total. The molecule has 5 nitrogen and oxygen atoms in total. The van der Waals surface area contributed by atoms with Crippen LogP contribution >= 0.6 is 0 Å². The van der Waals surface area contributed by atoms with Gasteiger partial charge in [0.2, 0.25) is 5.69 Å². The van der Waals surface area contributed by atoms with Crippen molar-refractivity contribution in [3.8, 4) is 0 Å². The Kier molecular flexibility index (Phi) is 4.35. The molecule has 27 heavy (non-hydrogen) atoms. The summed E-state index contributed by atoms with van der Waals surface area (Å²) in [6, 6.07) is 10.5. The van der Waals surface area contributed by atoms with Crippen molar-refractivity contribution in [1.29, 1.82) is 0 Å². The maximum absolute atomic E-state index is 12.3. The maximum atomic E-state index is 12.3. The summed E-state index contributed by atoms with van der Waals surface area (Å²) in [6.45, 7) is 2.91. The number of methoxy groups -OCH3 is 1. The van der Waals surface area contributed by atoms with E-state index >= 15 is 0 Å². The lowest BCUT2D eigenvalue weighted by Crippen LogP contribution is -3.00. The first kappa shape index (κ1) is 17.9. The number of carbonyl (C=O) groups excluding carboxylic acids is 1. The predicted molar refractivity (Wildman–Crippen MR) is 97.3 cm³/mol. The molecule has 0 amide bonds. The monoisotopic (exact) mass is 384 g/mol. The molecule has 0 bridgehead atoms. The molecule has 6 heteroatoms. The van der Waals surface area contributed by atoms with Gasteiger partial charge in [0, 0.05) is 34.7 Å². The molecule has 0 saturated carbocycles. The molecule has 5 rings (SSSR count). The molecule has 3 unspecified atom stereocenters. The van der Waals surface area contributed by atoms with Crippen molar-refractivity contribution in [3.63, 3.8) is 0 Å². The third kappa shape index (κ3) is 2.60. The molecule has 4 heterocycles. The number of carbonyl (C=O) groups is 1. The van der Waals surface area contributed by atoms with Crippen LogP contribution in [-0.2, 0) is 27.2 Å². The zero-order valence-electron chi connectivity index (χ0n) is 15.2. The Labute approximate surface area is 163 Å². The number of halogens is 1. The Morgan fingerprint density at radius 2 is 2.07 bits per heavy atom. The summed E-state index contributed by atoms with van der Waals surface area (Å²) in [5.74, 6) is 0.0841. The predicted octanol–water partition coefficient (Wildman–Crippen LogP) is -0.123. The minimum atomic E-state index is -0.288. The van der Waals surface area contributed by atoms with Crippen LogP contribution in [0.3, 0.4) is 0 Å². The maximum Gasteiger partial charge on any atom is 0.337 e. The Bertz CT molecular complexity index is 1070. The summed E-state index contributed by atoms with van der Waals surface area (Å²) < 4.78 is 13.0. The number of pyridine rings is 1. The van der Waals surface area contributed by atoms with E-state index in [1.165, 1.54) is 23.6 Å². The Morgan fingerprint density at radius 3 is 2.89 bits per heavy atom. The molecule has 0 spiro atoms. The number of rotatable bonds is 1. The van der Waals surface area contributed by atoms with E-state index in [9.17, 15) is 4.79 Å². The van der Waals surface area contributed by atoms with Crippen LogP contribution in [-0.4, -0.2) is 24.2 Å². The number of hydrogen-bond acceptors (Lipinski definition) is 3. The molecule has 3 atom stereocenters.